The molecule has 0 atom stereocenters. The lowest BCUT2D eigenvalue weighted by atomic mass is 10.2. The number of carbonyl (C=O) groups is 1. The second-order valence-electron chi connectivity index (χ2n) is 3.17. The Labute approximate surface area is 88.3 Å². The summed E-state index contributed by atoms with van der Waals surface area (Å²) in [4.78, 5) is 12.4. The van der Waals surface area contributed by atoms with Gasteiger partial charge in [-0.3, -0.25) is 4.79 Å². The van der Waals surface area contributed by atoms with Gasteiger partial charge in [-0.05, 0) is 30.4 Å². The van der Waals surface area contributed by atoms with Crippen LogP contribution in [0.4, 0.5) is 0 Å². The number of rotatable bonds is 5. The first-order valence-corrected chi connectivity index (χ1v) is 5.61. The number of aryl methyl sites for hydroxylation is 1. The highest BCUT2D eigenvalue weighted by Gasteiger charge is 2.01. The molecule has 1 aromatic heterocycles. The van der Waals surface area contributed by atoms with Crippen molar-refractivity contribution in [1.29, 1.82) is 0 Å². The van der Waals surface area contributed by atoms with Gasteiger partial charge in [0.05, 0.1) is 0 Å². The van der Waals surface area contributed by atoms with E-state index in [1.165, 1.54) is 10.4 Å². The van der Waals surface area contributed by atoms with Crippen molar-refractivity contribution in [3.8, 4) is 0 Å². The van der Waals surface area contributed by atoms with Crippen molar-refractivity contribution in [2.24, 2.45) is 5.73 Å². The molecule has 0 aliphatic carbocycles. The lowest BCUT2D eigenvalue weighted by Gasteiger charge is -2.03. The van der Waals surface area contributed by atoms with Gasteiger partial charge in [0.1, 0.15) is 0 Å². The fourth-order valence-electron chi connectivity index (χ4n) is 1.20. The lowest BCUT2D eigenvalue weighted by molar-refractivity contribution is -0.120. The molecule has 14 heavy (non-hydrogen) atoms. The van der Waals surface area contributed by atoms with Crippen LogP contribution in [0.15, 0.2) is 11.4 Å². The number of amides is 1. The van der Waals surface area contributed by atoms with E-state index in [-0.39, 0.29) is 5.91 Å². The van der Waals surface area contributed by atoms with Gasteiger partial charge in [-0.25, -0.2) is 0 Å². The highest BCUT2D eigenvalue weighted by Crippen LogP contribution is 2.15. The molecule has 78 valence electrons. The van der Waals surface area contributed by atoms with Crippen molar-refractivity contribution < 1.29 is 4.79 Å². The van der Waals surface area contributed by atoms with Crippen molar-refractivity contribution in [3.05, 3.63) is 21.9 Å². The summed E-state index contributed by atoms with van der Waals surface area (Å²) in [5.74, 6) is 0.0432. The third kappa shape index (κ3) is 3.47. The summed E-state index contributed by atoms with van der Waals surface area (Å²) >= 11 is 1.74. The molecule has 1 amide bonds. The summed E-state index contributed by atoms with van der Waals surface area (Å²) in [7, 11) is 0. The van der Waals surface area contributed by atoms with E-state index in [1.54, 1.807) is 11.3 Å². The molecule has 0 spiro atoms. The minimum Gasteiger partial charge on any atom is -0.356 e. The molecule has 4 heteroatoms. The smallest absolute Gasteiger partial charge is 0.221 e. The van der Waals surface area contributed by atoms with Crippen LogP contribution in [0.1, 0.15) is 16.9 Å². The Bertz CT molecular complexity index is 296. The highest BCUT2D eigenvalue weighted by atomic mass is 32.1. The number of hydrogen-bond acceptors (Lipinski definition) is 3. The first-order valence-electron chi connectivity index (χ1n) is 4.73. The van der Waals surface area contributed by atoms with Gasteiger partial charge >= 0.3 is 0 Å². The Morgan fingerprint density at radius 3 is 3.00 bits per heavy atom. The van der Waals surface area contributed by atoms with Crippen molar-refractivity contribution in [2.75, 3.05) is 13.1 Å². The maximum absolute atomic E-state index is 11.1. The molecule has 3 nitrogen and oxygen atoms in total. The molecule has 0 saturated carbocycles. The van der Waals surface area contributed by atoms with Gasteiger partial charge in [0.2, 0.25) is 5.91 Å². The number of carbonyl (C=O) groups excluding carboxylic acids is 1. The van der Waals surface area contributed by atoms with Crippen LogP contribution in [0, 0.1) is 6.92 Å². The largest absolute Gasteiger partial charge is 0.356 e. The van der Waals surface area contributed by atoms with E-state index in [2.05, 4.69) is 23.7 Å². The van der Waals surface area contributed by atoms with Crippen LogP contribution in [0.5, 0.6) is 0 Å². The van der Waals surface area contributed by atoms with Gasteiger partial charge in [-0.2, -0.15) is 0 Å². The molecule has 1 aromatic rings. The van der Waals surface area contributed by atoms with Crippen molar-refractivity contribution in [2.45, 2.75) is 19.8 Å². The maximum Gasteiger partial charge on any atom is 0.221 e. The Morgan fingerprint density at radius 1 is 1.64 bits per heavy atom. The Hall–Kier alpha value is -0.870. The van der Waals surface area contributed by atoms with Crippen LogP contribution in [0.2, 0.25) is 0 Å². The Kier molecular flexibility index (Phi) is 4.62. The summed E-state index contributed by atoms with van der Waals surface area (Å²) in [5, 5.41) is 4.91. The first kappa shape index (κ1) is 11.2. The quantitative estimate of drug-likeness (QED) is 0.767. The van der Waals surface area contributed by atoms with E-state index in [1.807, 2.05) is 0 Å². The van der Waals surface area contributed by atoms with Gasteiger partial charge < -0.3 is 11.1 Å². The van der Waals surface area contributed by atoms with Crippen molar-refractivity contribution in [3.63, 3.8) is 0 Å². The summed E-state index contributed by atoms with van der Waals surface area (Å²) in [6.45, 7) is 3.22. The van der Waals surface area contributed by atoms with Crippen LogP contribution in [0.3, 0.4) is 0 Å². The van der Waals surface area contributed by atoms with Crippen LogP contribution >= 0.6 is 11.3 Å². The number of nitrogens with two attached hydrogens (primary N) is 1. The monoisotopic (exact) mass is 212 g/mol. The molecule has 3 N–H and O–H groups in total. The zero-order chi connectivity index (χ0) is 10.4. The van der Waals surface area contributed by atoms with E-state index < -0.39 is 0 Å². The van der Waals surface area contributed by atoms with E-state index >= 15 is 0 Å². The molecule has 0 saturated heterocycles. The molecule has 1 heterocycles. The molecule has 0 unspecified atom stereocenters. The zero-order valence-corrected chi connectivity index (χ0v) is 9.19. The molecule has 1 rings (SSSR count). The second kappa shape index (κ2) is 5.78. The standard InChI is InChI=1S/C10H16N2OS/c1-8-4-7-14-9(8)3-6-12-10(13)2-5-11/h4,7H,2-3,5-6,11H2,1H3,(H,12,13). The predicted molar refractivity (Wildman–Crippen MR) is 59.4 cm³/mol. The van der Waals surface area contributed by atoms with Gasteiger partial charge in [0, 0.05) is 24.4 Å². The highest BCUT2D eigenvalue weighted by molar-refractivity contribution is 7.10. The molecular formula is C10H16N2OS. The number of hydrogen-bond donors (Lipinski definition) is 2. The summed E-state index contributed by atoms with van der Waals surface area (Å²) in [5.41, 5.74) is 6.57. The van der Waals surface area contributed by atoms with Crippen molar-refractivity contribution >= 4 is 17.2 Å². The van der Waals surface area contributed by atoms with Gasteiger partial charge in [0.25, 0.3) is 0 Å². The number of nitrogens with one attached hydrogen (secondary N) is 1. The fourth-order valence-corrected chi connectivity index (χ4v) is 2.11. The molecule has 0 bridgehead atoms. The third-order valence-corrected chi connectivity index (χ3v) is 3.10. The fraction of sp³-hybridized carbons (Fsp3) is 0.500. The molecule has 0 aliphatic rings. The zero-order valence-electron chi connectivity index (χ0n) is 8.38. The van der Waals surface area contributed by atoms with Crippen LogP contribution in [-0.4, -0.2) is 19.0 Å². The predicted octanol–water partition coefficient (Wildman–Crippen LogP) is 1.06. The molecule has 0 radical (unpaired) electrons. The van der Waals surface area contributed by atoms with Crippen LogP contribution in [-0.2, 0) is 11.2 Å². The average Bonchev–Trinajstić information content (AvgIpc) is 2.52. The van der Waals surface area contributed by atoms with Gasteiger partial charge in [0.15, 0.2) is 0 Å². The minimum atomic E-state index is 0.0432. The van der Waals surface area contributed by atoms with E-state index in [0.29, 0.717) is 19.5 Å². The van der Waals surface area contributed by atoms with Gasteiger partial charge in [-0.15, -0.1) is 11.3 Å². The normalized spacial score (nSPS) is 10.1. The molecule has 0 fully saturated rings. The molecule has 0 aromatic carbocycles. The summed E-state index contributed by atoms with van der Waals surface area (Å²) in [6.07, 6.45) is 1.34. The third-order valence-electron chi connectivity index (χ3n) is 2.01. The Balaban J connectivity index is 2.22. The average molecular weight is 212 g/mol. The van der Waals surface area contributed by atoms with Crippen LogP contribution < -0.4 is 11.1 Å². The molecular weight excluding hydrogens is 196 g/mol. The first-order chi connectivity index (χ1) is 6.74. The SMILES string of the molecule is Cc1ccsc1CCNC(=O)CCN. The minimum absolute atomic E-state index is 0.0432. The lowest BCUT2D eigenvalue weighted by Crippen LogP contribution is -2.27. The van der Waals surface area contributed by atoms with Gasteiger partial charge in [-0.1, -0.05) is 0 Å². The number of thiophene rings is 1. The van der Waals surface area contributed by atoms with Crippen LogP contribution in [0.25, 0.3) is 0 Å². The van der Waals surface area contributed by atoms with E-state index in [0.717, 1.165) is 6.42 Å². The second-order valence-corrected chi connectivity index (χ2v) is 4.17. The summed E-state index contributed by atoms with van der Waals surface area (Å²) < 4.78 is 0. The van der Waals surface area contributed by atoms with E-state index in [9.17, 15) is 4.79 Å². The topological polar surface area (TPSA) is 55.1 Å². The maximum atomic E-state index is 11.1. The Morgan fingerprint density at radius 2 is 2.43 bits per heavy atom. The van der Waals surface area contributed by atoms with Crippen molar-refractivity contribution in [1.82, 2.24) is 5.32 Å². The summed E-state index contributed by atoms with van der Waals surface area (Å²) in [6, 6.07) is 2.10. The molecule has 0 aliphatic heterocycles. The van der Waals surface area contributed by atoms with E-state index in [4.69, 9.17) is 5.73 Å².